The maximum Gasteiger partial charge on any atom is 0.230 e. The number of rotatable bonds is 3. The number of fused-ring (bicyclic) bond motifs is 1. The highest BCUT2D eigenvalue weighted by Gasteiger charge is 2.39. The largest absolute Gasteiger partial charge is 0.369 e. The van der Waals surface area contributed by atoms with Crippen LogP contribution in [0.1, 0.15) is 26.7 Å². The summed E-state index contributed by atoms with van der Waals surface area (Å²) in [4.78, 5) is 31.1. The quantitative estimate of drug-likeness (QED) is 0.693. The van der Waals surface area contributed by atoms with Crippen molar-refractivity contribution in [3.8, 4) is 11.1 Å². The van der Waals surface area contributed by atoms with Crippen LogP contribution >= 0.6 is 0 Å². The number of amides is 2. The first-order chi connectivity index (χ1) is 15.7. The molecule has 1 unspecified atom stereocenters. The van der Waals surface area contributed by atoms with Gasteiger partial charge in [-0.05, 0) is 55.2 Å². The van der Waals surface area contributed by atoms with Gasteiger partial charge in [0.25, 0.3) is 0 Å². The molecule has 2 aromatic carbocycles. The molecule has 1 aliphatic carbocycles. The van der Waals surface area contributed by atoms with Gasteiger partial charge in [0.15, 0.2) is 9.84 Å². The Morgan fingerprint density at radius 2 is 1.55 bits per heavy atom. The van der Waals surface area contributed by atoms with Crippen LogP contribution in [-0.2, 0) is 19.4 Å². The Labute approximate surface area is 194 Å². The van der Waals surface area contributed by atoms with E-state index in [1.54, 1.807) is 11.8 Å². The lowest BCUT2D eigenvalue weighted by atomic mass is 10.00. The molecule has 0 spiro atoms. The van der Waals surface area contributed by atoms with Crippen LogP contribution in [0.3, 0.4) is 0 Å². The topological polar surface area (TPSA) is 78.0 Å². The predicted octanol–water partition coefficient (Wildman–Crippen LogP) is 3.09. The predicted molar refractivity (Wildman–Crippen MR) is 130 cm³/mol. The highest BCUT2D eigenvalue weighted by atomic mass is 32.2. The average molecular weight is 468 g/mol. The van der Waals surface area contributed by atoms with Crippen LogP contribution in [0.4, 0.5) is 17.1 Å². The molecule has 5 rings (SSSR count). The standard InChI is InChI=1S/C25H29N3O4S/c1-17-16-27(25(30)20-3-4-20)24-15-21(7-10-23(24)28(17)18(2)29)19-5-8-22(9-6-19)26-11-13-33(31,32)14-12-26/h5-10,15,17,20H,3-4,11-14,16H2,1-2H3. The van der Waals surface area contributed by atoms with E-state index in [1.165, 1.54) is 0 Å². The molecule has 1 atom stereocenters. The SMILES string of the molecule is CC(=O)N1c2ccc(-c3ccc(N4CCS(=O)(=O)CC4)cc3)cc2N(C(=O)C2CC2)CC1C. The molecule has 1 saturated heterocycles. The first-order valence-electron chi connectivity index (χ1n) is 11.5. The second kappa shape index (κ2) is 8.17. The van der Waals surface area contributed by atoms with Crippen LogP contribution in [-0.4, -0.2) is 57.4 Å². The van der Waals surface area contributed by atoms with Crippen LogP contribution in [0, 0.1) is 5.92 Å². The van der Waals surface area contributed by atoms with Gasteiger partial charge in [-0.3, -0.25) is 9.59 Å². The first kappa shape index (κ1) is 21.9. The number of carbonyl (C=O) groups excluding carboxylic acids is 2. The van der Waals surface area contributed by atoms with Gasteiger partial charge in [-0.15, -0.1) is 0 Å². The summed E-state index contributed by atoms with van der Waals surface area (Å²) in [6.07, 6.45) is 1.88. The van der Waals surface area contributed by atoms with Gasteiger partial charge in [-0.25, -0.2) is 8.42 Å². The van der Waals surface area contributed by atoms with E-state index in [1.807, 2.05) is 54.3 Å². The average Bonchev–Trinajstić information content (AvgIpc) is 3.63. The fraction of sp³-hybridized carbons (Fsp3) is 0.440. The van der Waals surface area contributed by atoms with Crippen molar-refractivity contribution in [2.75, 3.05) is 45.8 Å². The molecule has 2 amide bonds. The van der Waals surface area contributed by atoms with Crippen molar-refractivity contribution in [1.82, 2.24) is 0 Å². The maximum absolute atomic E-state index is 13.0. The molecule has 174 valence electrons. The Bertz CT molecular complexity index is 1190. The summed E-state index contributed by atoms with van der Waals surface area (Å²) in [5.74, 6) is 0.609. The molecule has 8 heteroatoms. The smallest absolute Gasteiger partial charge is 0.230 e. The third kappa shape index (κ3) is 4.24. The summed E-state index contributed by atoms with van der Waals surface area (Å²) in [6, 6.07) is 14.0. The first-order valence-corrected chi connectivity index (χ1v) is 13.4. The number of anilines is 3. The minimum Gasteiger partial charge on any atom is -0.369 e. The maximum atomic E-state index is 13.0. The summed E-state index contributed by atoms with van der Waals surface area (Å²) >= 11 is 0. The van der Waals surface area contributed by atoms with Gasteiger partial charge < -0.3 is 14.7 Å². The van der Waals surface area contributed by atoms with Crippen LogP contribution in [0.2, 0.25) is 0 Å². The van der Waals surface area contributed by atoms with Crippen LogP contribution in [0.25, 0.3) is 11.1 Å². The van der Waals surface area contributed by atoms with E-state index >= 15 is 0 Å². The van der Waals surface area contributed by atoms with Crippen molar-refractivity contribution in [3.05, 3.63) is 42.5 Å². The van der Waals surface area contributed by atoms with Crippen LogP contribution in [0.15, 0.2) is 42.5 Å². The van der Waals surface area contributed by atoms with E-state index in [0.717, 1.165) is 41.0 Å². The summed E-state index contributed by atoms with van der Waals surface area (Å²) in [5.41, 5.74) is 4.58. The number of sulfone groups is 1. The highest BCUT2D eigenvalue weighted by molar-refractivity contribution is 7.91. The zero-order chi connectivity index (χ0) is 23.3. The van der Waals surface area contributed by atoms with E-state index in [-0.39, 0.29) is 35.3 Å². The van der Waals surface area contributed by atoms with Crippen molar-refractivity contribution in [2.24, 2.45) is 5.92 Å². The highest BCUT2D eigenvalue weighted by Crippen LogP contribution is 2.42. The van der Waals surface area contributed by atoms with Crippen molar-refractivity contribution in [2.45, 2.75) is 32.7 Å². The number of hydrogen-bond donors (Lipinski definition) is 0. The molecule has 2 aliphatic heterocycles. The molecule has 3 aliphatic rings. The van der Waals surface area contributed by atoms with Crippen LogP contribution < -0.4 is 14.7 Å². The summed E-state index contributed by atoms with van der Waals surface area (Å²) in [6.45, 7) is 5.07. The molecule has 0 radical (unpaired) electrons. The molecule has 0 N–H and O–H groups in total. The number of nitrogens with zero attached hydrogens (tertiary/aromatic N) is 3. The normalized spacial score (nSPS) is 22.1. The minimum atomic E-state index is -2.91. The van der Waals surface area contributed by atoms with E-state index in [0.29, 0.717) is 19.6 Å². The van der Waals surface area contributed by atoms with E-state index in [2.05, 4.69) is 4.90 Å². The van der Waals surface area contributed by atoms with Gasteiger partial charge in [0.05, 0.1) is 28.9 Å². The lowest BCUT2D eigenvalue weighted by Crippen LogP contribution is -2.51. The summed E-state index contributed by atoms with van der Waals surface area (Å²) < 4.78 is 23.4. The summed E-state index contributed by atoms with van der Waals surface area (Å²) in [7, 11) is -2.91. The second-order valence-electron chi connectivity index (χ2n) is 9.35. The van der Waals surface area contributed by atoms with E-state index < -0.39 is 9.84 Å². The number of carbonyl (C=O) groups is 2. The molecule has 0 aromatic heterocycles. The Morgan fingerprint density at radius 3 is 2.15 bits per heavy atom. The van der Waals surface area contributed by atoms with Gasteiger partial charge in [-0.2, -0.15) is 0 Å². The molecule has 1 saturated carbocycles. The number of benzene rings is 2. The van der Waals surface area contributed by atoms with Gasteiger partial charge >= 0.3 is 0 Å². The van der Waals surface area contributed by atoms with E-state index in [4.69, 9.17) is 0 Å². The Morgan fingerprint density at radius 1 is 0.909 bits per heavy atom. The monoisotopic (exact) mass is 467 g/mol. The zero-order valence-corrected chi connectivity index (χ0v) is 19.8. The molecule has 2 fully saturated rings. The molecule has 2 heterocycles. The molecule has 33 heavy (non-hydrogen) atoms. The third-order valence-electron chi connectivity index (χ3n) is 6.86. The fourth-order valence-corrected chi connectivity index (χ4v) is 6.08. The molecular formula is C25H29N3O4S. The number of hydrogen-bond acceptors (Lipinski definition) is 5. The Balaban J connectivity index is 1.45. The lowest BCUT2D eigenvalue weighted by molar-refractivity contribution is -0.120. The van der Waals surface area contributed by atoms with Gasteiger partial charge in [0.1, 0.15) is 0 Å². The van der Waals surface area contributed by atoms with Crippen molar-refractivity contribution in [3.63, 3.8) is 0 Å². The second-order valence-corrected chi connectivity index (χ2v) is 11.7. The van der Waals surface area contributed by atoms with Crippen LogP contribution in [0.5, 0.6) is 0 Å². The Kier molecular flexibility index (Phi) is 5.43. The minimum absolute atomic E-state index is 0.0251. The molecule has 2 aromatic rings. The van der Waals surface area contributed by atoms with Gasteiger partial charge in [0.2, 0.25) is 11.8 Å². The molecule has 0 bridgehead atoms. The van der Waals surface area contributed by atoms with Gasteiger partial charge in [0, 0.05) is 38.2 Å². The van der Waals surface area contributed by atoms with Crippen molar-refractivity contribution in [1.29, 1.82) is 0 Å². The zero-order valence-electron chi connectivity index (χ0n) is 19.0. The lowest BCUT2D eigenvalue weighted by Gasteiger charge is -2.41. The Hall–Kier alpha value is -2.87. The third-order valence-corrected chi connectivity index (χ3v) is 8.46. The van der Waals surface area contributed by atoms with Crippen molar-refractivity contribution < 1.29 is 18.0 Å². The summed E-state index contributed by atoms with van der Waals surface area (Å²) in [5, 5.41) is 0. The van der Waals surface area contributed by atoms with Gasteiger partial charge in [-0.1, -0.05) is 18.2 Å². The molecule has 7 nitrogen and oxygen atoms in total. The fourth-order valence-electron chi connectivity index (χ4n) is 4.88. The molecular weight excluding hydrogens is 438 g/mol. The van der Waals surface area contributed by atoms with Crippen molar-refractivity contribution >= 4 is 38.7 Å². The van der Waals surface area contributed by atoms with E-state index in [9.17, 15) is 18.0 Å².